The molecule has 2 aromatic rings. The van der Waals surface area contributed by atoms with E-state index < -0.39 is 0 Å². The van der Waals surface area contributed by atoms with Crippen LogP contribution in [0.3, 0.4) is 0 Å². The van der Waals surface area contributed by atoms with Gasteiger partial charge in [-0.25, -0.2) is 4.98 Å². The number of benzene rings is 1. The number of aromatic hydroxyl groups is 1. The number of thioether (sulfide) groups is 1. The van der Waals surface area contributed by atoms with Crippen LogP contribution in [0.4, 0.5) is 0 Å². The van der Waals surface area contributed by atoms with Crippen LogP contribution >= 0.6 is 11.8 Å². The fourth-order valence-electron chi connectivity index (χ4n) is 4.01. The number of fused-ring (bicyclic) bond motifs is 1. The molecule has 2 heterocycles. The highest BCUT2D eigenvalue weighted by molar-refractivity contribution is 7.99. The number of aromatic nitrogens is 1. The van der Waals surface area contributed by atoms with E-state index in [0.717, 1.165) is 60.2 Å². The van der Waals surface area contributed by atoms with Crippen molar-refractivity contribution in [3.05, 3.63) is 42.6 Å². The molecule has 1 saturated carbocycles. The summed E-state index contributed by atoms with van der Waals surface area (Å²) in [5, 5.41) is 10.3. The molecule has 5 nitrogen and oxygen atoms in total. The van der Waals surface area contributed by atoms with E-state index in [2.05, 4.69) is 9.88 Å². The van der Waals surface area contributed by atoms with E-state index in [9.17, 15) is 5.11 Å². The zero-order valence-corrected chi connectivity index (χ0v) is 15.7. The average molecular weight is 372 g/mol. The Balaban J connectivity index is 1.24. The Kier molecular flexibility index (Phi) is 5.22. The second kappa shape index (κ2) is 7.76. The Bertz CT molecular complexity index is 709. The molecular weight excluding hydrogens is 348 g/mol. The van der Waals surface area contributed by atoms with E-state index in [4.69, 9.17) is 9.47 Å². The predicted molar refractivity (Wildman–Crippen MR) is 102 cm³/mol. The Morgan fingerprint density at radius 2 is 1.77 bits per heavy atom. The lowest BCUT2D eigenvalue weighted by atomic mass is 10.0. The van der Waals surface area contributed by atoms with E-state index >= 15 is 0 Å². The molecule has 1 unspecified atom stereocenters. The summed E-state index contributed by atoms with van der Waals surface area (Å²) in [7, 11) is 1.68. The Hall–Kier alpha value is -1.92. The predicted octanol–water partition coefficient (Wildman–Crippen LogP) is 3.63. The summed E-state index contributed by atoms with van der Waals surface area (Å²) in [5.41, 5.74) is 0. The van der Waals surface area contributed by atoms with Crippen LogP contribution < -0.4 is 9.47 Å². The molecule has 2 fully saturated rings. The van der Waals surface area contributed by atoms with Crippen LogP contribution in [0.25, 0.3) is 0 Å². The molecule has 0 amide bonds. The van der Waals surface area contributed by atoms with Crippen LogP contribution in [-0.4, -0.2) is 47.2 Å². The summed E-state index contributed by atoms with van der Waals surface area (Å²) in [6, 6.07) is 11.4. The summed E-state index contributed by atoms with van der Waals surface area (Å²) in [4.78, 5) is 6.75. The van der Waals surface area contributed by atoms with Crippen molar-refractivity contribution in [3.63, 3.8) is 0 Å². The fourth-order valence-corrected chi connectivity index (χ4v) is 4.82. The first-order valence-corrected chi connectivity index (χ1v) is 9.99. The van der Waals surface area contributed by atoms with Gasteiger partial charge in [0.05, 0.1) is 30.3 Å². The Morgan fingerprint density at radius 3 is 2.38 bits per heavy atom. The quantitative estimate of drug-likeness (QED) is 0.782. The second-order valence-corrected chi connectivity index (χ2v) is 8.04. The normalized spacial score (nSPS) is 25.2. The Labute approximate surface area is 158 Å². The van der Waals surface area contributed by atoms with Gasteiger partial charge in [0.15, 0.2) is 0 Å². The van der Waals surface area contributed by atoms with Crippen LogP contribution in [0.5, 0.6) is 17.2 Å². The maximum atomic E-state index is 9.30. The lowest BCUT2D eigenvalue weighted by Crippen LogP contribution is -2.24. The smallest absolute Gasteiger partial charge is 0.133 e. The molecule has 1 aliphatic carbocycles. The van der Waals surface area contributed by atoms with Gasteiger partial charge in [0.1, 0.15) is 17.2 Å². The topological polar surface area (TPSA) is 54.8 Å². The molecule has 3 atom stereocenters. The summed E-state index contributed by atoms with van der Waals surface area (Å²) in [6.07, 6.45) is 4.10. The van der Waals surface area contributed by atoms with Gasteiger partial charge in [0.25, 0.3) is 0 Å². The van der Waals surface area contributed by atoms with E-state index in [1.54, 1.807) is 24.9 Å². The molecule has 1 aromatic carbocycles. The minimum atomic E-state index is 0.216. The summed E-state index contributed by atoms with van der Waals surface area (Å²) in [6.45, 7) is 2.27. The molecule has 1 aromatic heterocycles. The largest absolute Gasteiger partial charge is 0.506 e. The lowest BCUT2D eigenvalue weighted by Gasteiger charge is -2.19. The molecular formula is C20H24N2O3S. The van der Waals surface area contributed by atoms with Gasteiger partial charge in [-0.05, 0) is 61.1 Å². The van der Waals surface area contributed by atoms with Crippen molar-refractivity contribution in [2.75, 3.05) is 26.1 Å². The first-order valence-electron chi connectivity index (χ1n) is 9.00. The van der Waals surface area contributed by atoms with Crippen LogP contribution in [0.1, 0.15) is 12.8 Å². The molecule has 6 heteroatoms. The third-order valence-corrected chi connectivity index (χ3v) is 6.29. The summed E-state index contributed by atoms with van der Waals surface area (Å²) >= 11 is 1.73. The van der Waals surface area contributed by atoms with Crippen molar-refractivity contribution in [1.29, 1.82) is 0 Å². The first-order chi connectivity index (χ1) is 12.7. The third kappa shape index (κ3) is 4.07. The minimum absolute atomic E-state index is 0.216. The molecule has 0 spiro atoms. The fraction of sp³-hybridized carbons (Fsp3) is 0.450. The van der Waals surface area contributed by atoms with Gasteiger partial charge in [-0.15, -0.1) is 0 Å². The van der Waals surface area contributed by atoms with Gasteiger partial charge in [0, 0.05) is 13.1 Å². The monoisotopic (exact) mass is 372 g/mol. The highest BCUT2D eigenvalue weighted by Gasteiger charge is 2.41. The molecule has 1 N–H and O–H groups in total. The minimum Gasteiger partial charge on any atom is -0.506 e. The number of likely N-dealkylation sites (tertiary alicyclic amines) is 1. The molecule has 0 bridgehead atoms. The van der Waals surface area contributed by atoms with Crippen molar-refractivity contribution in [1.82, 2.24) is 9.88 Å². The molecule has 26 heavy (non-hydrogen) atoms. The zero-order chi connectivity index (χ0) is 17.9. The van der Waals surface area contributed by atoms with E-state index in [-0.39, 0.29) is 5.75 Å². The van der Waals surface area contributed by atoms with Gasteiger partial charge < -0.3 is 14.6 Å². The van der Waals surface area contributed by atoms with Crippen LogP contribution in [0, 0.1) is 11.8 Å². The molecule has 4 rings (SSSR count). The van der Waals surface area contributed by atoms with Crippen molar-refractivity contribution in [2.45, 2.75) is 24.0 Å². The maximum Gasteiger partial charge on any atom is 0.133 e. The maximum absolute atomic E-state index is 9.30. The van der Waals surface area contributed by atoms with Gasteiger partial charge in [-0.3, -0.25) is 4.90 Å². The number of pyridine rings is 1. The number of ether oxygens (including phenoxy) is 2. The molecule has 0 radical (unpaired) electrons. The second-order valence-electron chi connectivity index (χ2n) is 7.07. The summed E-state index contributed by atoms with van der Waals surface area (Å²) in [5.74, 6) is 4.42. The van der Waals surface area contributed by atoms with Crippen LogP contribution in [-0.2, 0) is 0 Å². The standard InChI is InChI=1S/C20H24N2O3S/c1-24-17-3-5-18(6-4-17)25-19-8-14-11-22(12-15(14)9-19)13-26-20-7-2-16(23)10-21-20/h2-7,10,14-15,19,23H,8-9,11-13H2,1H3/t14-,15+,19?. The summed E-state index contributed by atoms with van der Waals surface area (Å²) < 4.78 is 11.4. The van der Waals surface area contributed by atoms with Crippen LogP contribution in [0.15, 0.2) is 47.6 Å². The van der Waals surface area contributed by atoms with E-state index in [1.165, 1.54) is 6.20 Å². The van der Waals surface area contributed by atoms with Crippen molar-refractivity contribution in [3.8, 4) is 17.2 Å². The number of hydrogen-bond donors (Lipinski definition) is 1. The van der Waals surface area contributed by atoms with Crippen LogP contribution in [0.2, 0.25) is 0 Å². The van der Waals surface area contributed by atoms with Crippen molar-refractivity contribution < 1.29 is 14.6 Å². The molecule has 1 saturated heterocycles. The molecule has 1 aliphatic heterocycles. The third-order valence-electron chi connectivity index (χ3n) is 5.26. The molecule has 138 valence electrons. The van der Waals surface area contributed by atoms with Crippen molar-refractivity contribution in [2.24, 2.45) is 11.8 Å². The lowest BCUT2D eigenvalue weighted by molar-refractivity contribution is 0.189. The highest BCUT2D eigenvalue weighted by atomic mass is 32.2. The highest BCUT2D eigenvalue weighted by Crippen LogP contribution is 2.40. The van der Waals surface area contributed by atoms with Gasteiger partial charge >= 0.3 is 0 Å². The van der Waals surface area contributed by atoms with Gasteiger partial charge in [-0.2, -0.15) is 0 Å². The first kappa shape index (κ1) is 17.5. The van der Waals surface area contributed by atoms with Gasteiger partial charge in [-0.1, -0.05) is 11.8 Å². The average Bonchev–Trinajstić information content (AvgIpc) is 3.20. The van der Waals surface area contributed by atoms with E-state index in [1.807, 2.05) is 30.3 Å². The number of hydrogen-bond acceptors (Lipinski definition) is 6. The van der Waals surface area contributed by atoms with Gasteiger partial charge in [0.2, 0.25) is 0 Å². The van der Waals surface area contributed by atoms with Crippen molar-refractivity contribution >= 4 is 11.8 Å². The Morgan fingerprint density at radius 1 is 1.08 bits per heavy atom. The number of methoxy groups -OCH3 is 1. The zero-order valence-electron chi connectivity index (χ0n) is 14.9. The number of nitrogens with zero attached hydrogens (tertiary/aromatic N) is 2. The SMILES string of the molecule is COc1ccc(OC2C[C@@H]3CN(CSc4ccc(O)cn4)C[C@@H]3C2)cc1. The molecule has 2 aliphatic rings. The number of rotatable bonds is 6. The van der Waals surface area contributed by atoms with E-state index in [0.29, 0.717) is 6.10 Å².